The highest BCUT2D eigenvalue weighted by Gasteiger charge is 2.07. The Kier molecular flexibility index (Phi) is 3.37. The van der Waals surface area contributed by atoms with Gasteiger partial charge in [0.1, 0.15) is 0 Å². The van der Waals surface area contributed by atoms with Gasteiger partial charge in [-0.1, -0.05) is 37.3 Å². The van der Waals surface area contributed by atoms with Crippen LogP contribution in [0, 0.1) is 0 Å². The maximum absolute atomic E-state index is 9.66. The standard InChI is InChI=1S/C13H16N2O/c1-2-13(16)12-8-14-15(10-12)9-11-6-4-3-5-7-11/h3-8,10,13,16H,2,9H2,1H3/t13-/m0/s1. The zero-order chi connectivity index (χ0) is 11.4. The van der Waals surface area contributed by atoms with Crippen LogP contribution < -0.4 is 0 Å². The minimum Gasteiger partial charge on any atom is -0.388 e. The van der Waals surface area contributed by atoms with E-state index in [9.17, 15) is 5.11 Å². The van der Waals surface area contributed by atoms with Crippen molar-refractivity contribution < 1.29 is 5.11 Å². The van der Waals surface area contributed by atoms with E-state index in [0.717, 1.165) is 18.5 Å². The summed E-state index contributed by atoms with van der Waals surface area (Å²) in [6.07, 6.45) is 3.96. The molecule has 16 heavy (non-hydrogen) atoms. The van der Waals surface area contributed by atoms with Crippen molar-refractivity contribution >= 4 is 0 Å². The molecule has 0 aliphatic carbocycles. The molecule has 84 valence electrons. The van der Waals surface area contributed by atoms with E-state index in [1.807, 2.05) is 36.0 Å². The summed E-state index contributed by atoms with van der Waals surface area (Å²) < 4.78 is 1.85. The Labute approximate surface area is 95.3 Å². The van der Waals surface area contributed by atoms with Crippen LogP contribution in [0.3, 0.4) is 0 Å². The zero-order valence-corrected chi connectivity index (χ0v) is 9.37. The van der Waals surface area contributed by atoms with Crippen molar-refractivity contribution in [2.24, 2.45) is 0 Å². The van der Waals surface area contributed by atoms with Crippen LogP contribution in [0.15, 0.2) is 42.7 Å². The van der Waals surface area contributed by atoms with E-state index in [1.54, 1.807) is 6.20 Å². The Balaban J connectivity index is 2.09. The number of aromatic nitrogens is 2. The van der Waals surface area contributed by atoms with Crippen molar-refractivity contribution in [2.45, 2.75) is 26.0 Å². The molecule has 3 nitrogen and oxygen atoms in total. The first-order valence-electron chi connectivity index (χ1n) is 5.54. The molecule has 2 rings (SSSR count). The highest BCUT2D eigenvalue weighted by atomic mass is 16.3. The summed E-state index contributed by atoms with van der Waals surface area (Å²) in [6, 6.07) is 10.2. The van der Waals surface area contributed by atoms with E-state index in [-0.39, 0.29) is 0 Å². The molecule has 0 saturated carbocycles. The van der Waals surface area contributed by atoms with Crippen molar-refractivity contribution in [3.05, 3.63) is 53.9 Å². The second kappa shape index (κ2) is 4.94. The van der Waals surface area contributed by atoms with Crippen molar-refractivity contribution in [3.63, 3.8) is 0 Å². The Hall–Kier alpha value is -1.61. The predicted molar refractivity (Wildman–Crippen MR) is 63.0 cm³/mol. The quantitative estimate of drug-likeness (QED) is 0.852. The third-order valence-corrected chi connectivity index (χ3v) is 2.61. The molecule has 0 aliphatic heterocycles. The van der Waals surface area contributed by atoms with Gasteiger partial charge in [-0.05, 0) is 12.0 Å². The summed E-state index contributed by atoms with van der Waals surface area (Å²) in [6.45, 7) is 2.70. The second-order valence-corrected chi connectivity index (χ2v) is 3.88. The second-order valence-electron chi connectivity index (χ2n) is 3.88. The molecule has 0 saturated heterocycles. The number of aliphatic hydroxyl groups excluding tert-OH is 1. The lowest BCUT2D eigenvalue weighted by molar-refractivity contribution is 0.173. The van der Waals surface area contributed by atoms with Gasteiger partial charge in [-0.15, -0.1) is 0 Å². The molecule has 0 amide bonds. The molecular formula is C13H16N2O. The lowest BCUT2D eigenvalue weighted by Crippen LogP contribution is -1.99. The van der Waals surface area contributed by atoms with Gasteiger partial charge >= 0.3 is 0 Å². The van der Waals surface area contributed by atoms with Crippen LogP contribution in [0.1, 0.15) is 30.6 Å². The third-order valence-electron chi connectivity index (χ3n) is 2.61. The first-order chi connectivity index (χ1) is 7.79. The summed E-state index contributed by atoms with van der Waals surface area (Å²) in [7, 11) is 0. The number of rotatable bonds is 4. The number of hydrogen-bond donors (Lipinski definition) is 1. The maximum atomic E-state index is 9.66. The first kappa shape index (κ1) is 10.9. The van der Waals surface area contributed by atoms with Crippen LogP contribution in [-0.2, 0) is 6.54 Å². The zero-order valence-electron chi connectivity index (χ0n) is 9.37. The molecule has 2 aromatic rings. The van der Waals surface area contributed by atoms with E-state index < -0.39 is 6.10 Å². The molecule has 0 aliphatic rings. The Morgan fingerprint density at radius 2 is 2.06 bits per heavy atom. The average molecular weight is 216 g/mol. The van der Waals surface area contributed by atoms with Crippen LogP contribution in [-0.4, -0.2) is 14.9 Å². The monoisotopic (exact) mass is 216 g/mol. The van der Waals surface area contributed by atoms with E-state index >= 15 is 0 Å². The molecule has 3 heteroatoms. The Morgan fingerprint density at radius 3 is 2.75 bits per heavy atom. The molecular weight excluding hydrogens is 200 g/mol. The van der Waals surface area contributed by atoms with Gasteiger partial charge in [0.15, 0.2) is 0 Å². The molecule has 1 aromatic heterocycles. The number of aliphatic hydroxyl groups is 1. The SMILES string of the molecule is CC[C@H](O)c1cnn(Cc2ccccc2)c1. The smallest absolute Gasteiger partial charge is 0.0817 e. The maximum Gasteiger partial charge on any atom is 0.0817 e. The molecule has 1 N–H and O–H groups in total. The van der Waals surface area contributed by atoms with E-state index in [0.29, 0.717) is 0 Å². The summed E-state index contributed by atoms with van der Waals surface area (Å²) in [5, 5.41) is 13.9. The average Bonchev–Trinajstić information content (AvgIpc) is 2.78. The fourth-order valence-electron chi connectivity index (χ4n) is 1.64. The van der Waals surface area contributed by atoms with Crippen LogP contribution in [0.2, 0.25) is 0 Å². The number of benzene rings is 1. The Morgan fingerprint density at radius 1 is 1.31 bits per heavy atom. The third kappa shape index (κ3) is 2.49. The molecule has 1 aromatic carbocycles. The van der Waals surface area contributed by atoms with E-state index in [1.165, 1.54) is 5.56 Å². The lowest BCUT2D eigenvalue weighted by atomic mass is 10.1. The van der Waals surface area contributed by atoms with Crippen LogP contribution >= 0.6 is 0 Å². The topological polar surface area (TPSA) is 38.1 Å². The molecule has 0 fully saturated rings. The van der Waals surface area contributed by atoms with Gasteiger partial charge in [-0.2, -0.15) is 5.10 Å². The lowest BCUT2D eigenvalue weighted by Gasteiger charge is -2.03. The molecule has 0 spiro atoms. The fourth-order valence-corrected chi connectivity index (χ4v) is 1.64. The van der Waals surface area contributed by atoms with Crippen LogP contribution in [0.5, 0.6) is 0 Å². The van der Waals surface area contributed by atoms with Gasteiger partial charge < -0.3 is 5.11 Å². The van der Waals surface area contributed by atoms with E-state index in [2.05, 4.69) is 17.2 Å². The normalized spacial score (nSPS) is 12.6. The predicted octanol–water partition coefficient (Wildman–Crippen LogP) is 2.37. The van der Waals surface area contributed by atoms with Gasteiger partial charge in [0, 0.05) is 11.8 Å². The highest BCUT2D eigenvalue weighted by molar-refractivity contribution is 5.16. The molecule has 1 heterocycles. The minimum atomic E-state index is -0.399. The van der Waals surface area contributed by atoms with Gasteiger partial charge in [0.2, 0.25) is 0 Å². The van der Waals surface area contributed by atoms with Crippen LogP contribution in [0.4, 0.5) is 0 Å². The first-order valence-corrected chi connectivity index (χ1v) is 5.54. The molecule has 0 radical (unpaired) electrons. The van der Waals surface area contributed by atoms with Crippen molar-refractivity contribution in [2.75, 3.05) is 0 Å². The summed E-state index contributed by atoms with van der Waals surface area (Å²) >= 11 is 0. The number of nitrogens with zero attached hydrogens (tertiary/aromatic N) is 2. The molecule has 1 atom stereocenters. The van der Waals surface area contributed by atoms with Gasteiger partial charge in [-0.25, -0.2) is 0 Å². The summed E-state index contributed by atoms with van der Waals surface area (Å²) in [5.41, 5.74) is 2.10. The molecule has 0 unspecified atom stereocenters. The number of hydrogen-bond acceptors (Lipinski definition) is 2. The fraction of sp³-hybridized carbons (Fsp3) is 0.308. The highest BCUT2D eigenvalue weighted by Crippen LogP contribution is 2.15. The van der Waals surface area contributed by atoms with Crippen molar-refractivity contribution in [1.29, 1.82) is 0 Å². The van der Waals surface area contributed by atoms with Gasteiger partial charge in [0.05, 0.1) is 18.8 Å². The van der Waals surface area contributed by atoms with Gasteiger partial charge in [-0.3, -0.25) is 4.68 Å². The molecule has 0 bridgehead atoms. The van der Waals surface area contributed by atoms with Crippen molar-refractivity contribution in [3.8, 4) is 0 Å². The Bertz CT molecular complexity index is 436. The largest absolute Gasteiger partial charge is 0.388 e. The minimum absolute atomic E-state index is 0.399. The van der Waals surface area contributed by atoms with E-state index in [4.69, 9.17) is 0 Å². The summed E-state index contributed by atoms with van der Waals surface area (Å²) in [4.78, 5) is 0. The summed E-state index contributed by atoms with van der Waals surface area (Å²) in [5.74, 6) is 0. The van der Waals surface area contributed by atoms with Crippen molar-refractivity contribution in [1.82, 2.24) is 9.78 Å². The van der Waals surface area contributed by atoms with Gasteiger partial charge in [0.25, 0.3) is 0 Å². The van der Waals surface area contributed by atoms with Crippen LogP contribution in [0.25, 0.3) is 0 Å².